The average molecular weight is 490 g/mol. The Labute approximate surface area is 207 Å². The van der Waals surface area contributed by atoms with Gasteiger partial charge in [0.2, 0.25) is 0 Å². The fraction of sp³-hybridized carbons (Fsp3) is 0.667. The highest BCUT2D eigenvalue weighted by molar-refractivity contribution is 7.99. The van der Waals surface area contributed by atoms with Crippen LogP contribution in [0, 0.1) is 5.41 Å². The summed E-state index contributed by atoms with van der Waals surface area (Å²) in [6.45, 7) is 3.48. The highest BCUT2D eigenvalue weighted by atomic mass is 32.2. The van der Waals surface area contributed by atoms with Gasteiger partial charge in [0.1, 0.15) is 11.9 Å². The van der Waals surface area contributed by atoms with E-state index in [4.69, 9.17) is 10.5 Å². The second kappa shape index (κ2) is 12.0. The van der Waals surface area contributed by atoms with Crippen molar-refractivity contribution in [1.82, 2.24) is 9.88 Å². The Morgan fingerprint density at radius 2 is 2.06 bits per heavy atom. The number of fused-ring (bicyclic) bond motifs is 1. The van der Waals surface area contributed by atoms with E-state index in [0.717, 1.165) is 54.2 Å². The summed E-state index contributed by atoms with van der Waals surface area (Å²) >= 11 is 2.14. The number of alkyl halides is 1. The Balaban J connectivity index is 1.36. The van der Waals surface area contributed by atoms with E-state index >= 15 is 4.39 Å². The van der Waals surface area contributed by atoms with Crippen LogP contribution in [0.25, 0.3) is 10.9 Å². The number of aliphatic hydroxyl groups excluding tert-OH is 1. The summed E-state index contributed by atoms with van der Waals surface area (Å²) in [5.74, 6) is 1.88. The summed E-state index contributed by atoms with van der Waals surface area (Å²) in [6, 6.07) is 5.56. The molecule has 1 saturated heterocycles. The molecular weight excluding hydrogens is 449 g/mol. The maximum absolute atomic E-state index is 15.8. The number of ether oxygens (including phenoxy) is 1. The molecule has 1 aromatic carbocycles. The minimum Gasteiger partial charge on any atom is -0.497 e. The largest absolute Gasteiger partial charge is 0.497 e. The molecule has 0 spiro atoms. The molecule has 188 valence electrons. The van der Waals surface area contributed by atoms with Crippen LogP contribution in [0.1, 0.15) is 68.7 Å². The Hall–Kier alpha value is -1.41. The number of thioether (sulfide) groups is 1. The summed E-state index contributed by atoms with van der Waals surface area (Å²) in [5.41, 5.74) is 7.87. The normalized spacial score (nSPS) is 20.1. The van der Waals surface area contributed by atoms with Gasteiger partial charge in [-0.15, -0.1) is 0 Å². The molecule has 1 aliphatic carbocycles. The molecule has 1 aromatic heterocycles. The number of likely N-dealkylation sites (tertiary alicyclic amines) is 1. The lowest BCUT2D eigenvalue weighted by atomic mass is 9.74. The second-order valence-corrected chi connectivity index (χ2v) is 11.5. The van der Waals surface area contributed by atoms with Gasteiger partial charge in [0.05, 0.1) is 12.6 Å². The van der Waals surface area contributed by atoms with E-state index in [-0.39, 0.29) is 18.6 Å². The van der Waals surface area contributed by atoms with E-state index in [9.17, 15) is 5.11 Å². The number of piperidine rings is 1. The van der Waals surface area contributed by atoms with Crippen LogP contribution in [-0.4, -0.2) is 59.3 Å². The van der Waals surface area contributed by atoms with E-state index in [1.165, 1.54) is 31.4 Å². The van der Waals surface area contributed by atoms with E-state index in [1.54, 1.807) is 13.3 Å². The summed E-state index contributed by atoms with van der Waals surface area (Å²) in [5, 5.41) is 11.9. The molecule has 0 unspecified atom stereocenters. The number of benzene rings is 1. The Morgan fingerprint density at radius 3 is 2.74 bits per heavy atom. The topological polar surface area (TPSA) is 71.6 Å². The van der Waals surface area contributed by atoms with Crippen molar-refractivity contribution in [2.75, 3.05) is 39.1 Å². The molecule has 2 fully saturated rings. The van der Waals surface area contributed by atoms with Crippen LogP contribution >= 0.6 is 11.8 Å². The van der Waals surface area contributed by atoms with E-state index in [0.29, 0.717) is 24.2 Å². The van der Waals surface area contributed by atoms with E-state index in [1.807, 2.05) is 18.2 Å². The summed E-state index contributed by atoms with van der Waals surface area (Å²) in [6.07, 6.45) is 9.01. The third-order valence-corrected chi connectivity index (χ3v) is 9.34. The van der Waals surface area contributed by atoms with Gasteiger partial charge in [0, 0.05) is 47.8 Å². The molecule has 0 radical (unpaired) electrons. The molecule has 7 heteroatoms. The molecule has 2 aromatic rings. The molecule has 1 aliphatic heterocycles. The lowest BCUT2D eigenvalue weighted by molar-refractivity contribution is 0.0322. The number of nitrogens with two attached hydrogens (primary N) is 1. The van der Waals surface area contributed by atoms with E-state index in [2.05, 4.69) is 21.6 Å². The van der Waals surface area contributed by atoms with Gasteiger partial charge in [-0.25, -0.2) is 4.39 Å². The quantitative estimate of drug-likeness (QED) is 0.450. The van der Waals surface area contributed by atoms with Gasteiger partial charge in [-0.05, 0) is 80.8 Å². The summed E-state index contributed by atoms with van der Waals surface area (Å²) in [7, 11) is 1.61. The fourth-order valence-corrected chi connectivity index (χ4v) is 6.98. The predicted molar refractivity (Wildman–Crippen MR) is 139 cm³/mol. The second-order valence-electron chi connectivity index (χ2n) is 10.1. The first-order valence-corrected chi connectivity index (χ1v) is 13.9. The molecule has 4 rings (SSSR count). The summed E-state index contributed by atoms with van der Waals surface area (Å²) < 4.78 is 21.1. The maximum Gasteiger partial charge on any atom is 0.126 e. The zero-order chi connectivity index (χ0) is 24.0. The molecule has 34 heavy (non-hydrogen) atoms. The summed E-state index contributed by atoms with van der Waals surface area (Å²) in [4.78, 5) is 6.98. The van der Waals surface area contributed by atoms with Gasteiger partial charge in [-0.1, -0.05) is 12.8 Å². The molecule has 1 saturated carbocycles. The Bertz CT molecular complexity index is 924. The van der Waals surface area contributed by atoms with Gasteiger partial charge >= 0.3 is 0 Å². The SMILES string of the molecule is COc1ccc2ncc(CN)c([C@@H](F)CCC3(CO)CCN(CCSC4CCCC4)CC3)c2c1. The van der Waals surface area contributed by atoms with Crippen molar-refractivity contribution in [1.29, 1.82) is 0 Å². The minimum atomic E-state index is -1.15. The van der Waals surface area contributed by atoms with Crippen molar-refractivity contribution in [3.8, 4) is 5.75 Å². The third-order valence-electron chi connectivity index (χ3n) is 7.98. The van der Waals surface area contributed by atoms with Gasteiger partial charge in [-0.2, -0.15) is 11.8 Å². The standard InChI is InChI=1S/C27H40FN3O2S/c1-33-21-6-7-25-23(16-21)26(20(17-29)18-30-25)24(28)8-9-27(19-32)10-12-31(13-11-27)14-15-34-22-4-2-3-5-22/h6-7,16,18,22,24,32H,2-5,8-15,17,19,29H2,1H3/t24-/m0/s1. The zero-order valence-corrected chi connectivity index (χ0v) is 21.3. The third kappa shape index (κ3) is 6.04. The van der Waals surface area contributed by atoms with Gasteiger partial charge in [-0.3, -0.25) is 4.98 Å². The number of rotatable bonds is 11. The molecule has 3 N–H and O–H groups in total. The van der Waals surface area contributed by atoms with Crippen LogP contribution < -0.4 is 10.5 Å². The van der Waals surface area contributed by atoms with Crippen molar-refractivity contribution in [3.63, 3.8) is 0 Å². The number of pyridine rings is 1. The maximum atomic E-state index is 15.8. The number of hydrogen-bond acceptors (Lipinski definition) is 6. The van der Waals surface area contributed by atoms with E-state index < -0.39 is 6.17 Å². The average Bonchev–Trinajstić information content (AvgIpc) is 3.40. The predicted octanol–water partition coefficient (Wildman–Crippen LogP) is 5.24. The monoisotopic (exact) mass is 489 g/mol. The van der Waals surface area contributed by atoms with Crippen LogP contribution in [0.4, 0.5) is 4.39 Å². The first kappa shape index (κ1) is 25.7. The van der Waals surface area contributed by atoms with Gasteiger partial charge < -0.3 is 20.5 Å². The molecule has 5 nitrogen and oxygen atoms in total. The molecule has 2 aliphatic rings. The first-order chi connectivity index (χ1) is 16.6. The number of methoxy groups -OCH3 is 1. The van der Waals surface area contributed by atoms with Crippen molar-refractivity contribution < 1.29 is 14.2 Å². The molecule has 0 amide bonds. The number of aliphatic hydroxyl groups is 1. The lowest BCUT2D eigenvalue weighted by Crippen LogP contribution is -2.43. The molecule has 2 heterocycles. The van der Waals surface area contributed by atoms with Crippen LogP contribution in [-0.2, 0) is 6.54 Å². The van der Waals surface area contributed by atoms with Crippen molar-refractivity contribution >= 4 is 22.7 Å². The van der Waals surface area contributed by atoms with Crippen molar-refractivity contribution in [2.45, 2.75) is 69.3 Å². The number of nitrogens with zero attached hydrogens (tertiary/aromatic N) is 2. The number of halogens is 1. The lowest BCUT2D eigenvalue weighted by Gasteiger charge is -2.41. The Morgan fingerprint density at radius 1 is 1.29 bits per heavy atom. The highest BCUT2D eigenvalue weighted by Gasteiger charge is 2.35. The van der Waals surface area contributed by atoms with Crippen LogP contribution in [0.3, 0.4) is 0 Å². The zero-order valence-electron chi connectivity index (χ0n) is 20.5. The Kier molecular flexibility index (Phi) is 9.08. The first-order valence-electron chi connectivity index (χ1n) is 12.8. The van der Waals surface area contributed by atoms with Crippen LogP contribution in [0.15, 0.2) is 24.4 Å². The van der Waals surface area contributed by atoms with Gasteiger partial charge in [0.15, 0.2) is 0 Å². The van der Waals surface area contributed by atoms with Gasteiger partial charge in [0.25, 0.3) is 0 Å². The fourth-order valence-electron chi connectivity index (χ4n) is 5.61. The van der Waals surface area contributed by atoms with Crippen molar-refractivity contribution in [2.24, 2.45) is 11.1 Å². The van der Waals surface area contributed by atoms with Crippen LogP contribution in [0.2, 0.25) is 0 Å². The smallest absolute Gasteiger partial charge is 0.126 e. The minimum absolute atomic E-state index is 0.124. The van der Waals surface area contributed by atoms with Crippen LogP contribution in [0.5, 0.6) is 5.75 Å². The van der Waals surface area contributed by atoms with Crippen molar-refractivity contribution in [3.05, 3.63) is 35.5 Å². The molecular formula is C27H40FN3O2S. The highest BCUT2D eigenvalue weighted by Crippen LogP contribution is 2.41. The number of aromatic nitrogens is 1. The molecule has 0 bridgehead atoms. The number of hydrogen-bond donors (Lipinski definition) is 2. The molecule has 1 atom stereocenters.